The van der Waals surface area contributed by atoms with Crippen LogP contribution >= 0.6 is 11.3 Å². The first-order chi connectivity index (χ1) is 8.59. The van der Waals surface area contributed by atoms with Crippen LogP contribution in [0.3, 0.4) is 0 Å². The molecule has 96 valence electrons. The van der Waals surface area contributed by atoms with Gasteiger partial charge in [-0.2, -0.15) is 0 Å². The second kappa shape index (κ2) is 5.46. The Labute approximate surface area is 111 Å². The smallest absolute Gasteiger partial charge is 0.133 e. The summed E-state index contributed by atoms with van der Waals surface area (Å²) < 4.78 is 0. The summed E-state index contributed by atoms with van der Waals surface area (Å²) in [5.74, 6) is 0.945. The number of aryl methyl sites for hydroxylation is 1. The van der Waals surface area contributed by atoms with Crippen LogP contribution in [0.1, 0.15) is 29.1 Å². The van der Waals surface area contributed by atoms with Gasteiger partial charge in [0.05, 0.1) is 17.7 Å². The third-order valence-corrected chi connectivity index (χ3v) is 3.81. The molecule has 2 aromatic rings. The van der Waals surface area contributed by atoms with E-state index >= 15 is 0 Å². The van der Waals surface area contributed by atoms with Crippen molar-refractivity contribution < 1.29 is 0 Å². The Kier molecular flexibility index (Phi) is 3.93. The van der Waals surface area contributed by atoms with E-state index in [0.717, 1.165) is 23.6 Å². The number of thiazole rings is 1. The van der Waals surface area contributed by atoms with E-state index < -0.39 is 0 Å². The molecule has 0 bridgehead atoms. The summed E-state index contributed by atoms with van der Waals surface area (Å²) in [4.78, 5) is 12.1. The highest BCUT2D eigenvalue weighted by atomic mass is 32.1. The van der Waals surface area contributed by atoms with Gasteiger partial charge in [-0.25, -0.2) is 9.97 Å². The van der Waals surface area contributed by atoms with Gasteiger partial charge in [-0.3, -0.25) is 0 Å². The lowest BCUT2D eigenvalue weighted by atomic mass is 10.1. The second-order valence-corrected chi connectivity index (χ2v) is 5.36. The Morgan fingerprint density at radius 1 is 1.44 bits per heavy atom. The van der Waals surface area contributed by atoms with Crippen molar-refractivity contribution in [2.75, 3.05) is 11.9 Å². The minimum Gasteiger partial charge on any atom is -0.354 e. The summed E-state index contributed by atoms with van der Waals surface area (Å²) in [5, 5.41) is 0. The summed E-state index contributed by atoms with van der Waals surface area (Å²) >= 11 is 1.67. The molecule has 18 heavy (non-hydrogen) atoms. The lowest BCUT2D eigenvalue weighted by Crippen LogP contribution is -2.21. The van der Waals surface area contributed by atoms with Gasteiger partial charge in [-0.05, 0) is 19.9 Å². The SMILES string of the molecule is Cc1ncsc1CN(C)c1ncccc1[C@H](C)N. The lowest BCUT2D eigenvalue weighted by Gasteiger charge is -2.22. The standard InChI is InChI=1S/C13H18N4S/c1-9(14)11-5-4-6-15-13(11)17(3)7-12-10(2)16-8-18-12/h4-6,8-9H,7,14H2,1-3H3/t9-/m0/s1. The van der Waals surface area contributed by atoms with Crippen LogP contribution in [0.15, 0.2) is 23.8 Å². The number of nitrogens with zero attached hydrogens (tertiary/aromatic N) is 3. The average molecular weight is 262 g/mol. The molecule has 0 aliphatic rings. The molecule has 4 nitrogen and oxygen atoms in total. The van der Waals surface area contributed by atoms with Gasteiger partial charge < -0.3 is 10.6 Å². The third kappa shape index (κ3) is 2.68. The molecule has 0 aromatic carbocycles. The maximum absolute atomic E-state index is 5.98. The van der Waals surface area contributed by atoms with Crippen molar-refractivity contribution in [3.8, 4) is 0 Å². The zero-order chi connectivity index (χ0) is 13.1. The summed E-state index contributed by atoms with van der Waals surface area (Å²) in [7, 11) is 2.04. The summed E-state index contributed by atoms with van der Waals surface area (Å²) in [6.45, 7) is 4.82. The zero-order valence-corrected chi connectivity index (χ0v) is 11.7. The number of rotatable bonds is 4. The van der Waals surface area contributed by atoms with Crippen molar-refractivity contribution in [2.45, 2.75) is 26.4 Å². The molecule has 2 aromatic heterocycles. The van der Waals surface area contributed by atoms with Gasteiger partial charge in [-0.1, -0.05) is 6.07 Å². The Morgan fingerprint density at radius 3 is 2.83 bits per heavy atom. The van der Waals surface area contributed by atoms with Gasteiger partial charge in [0, 0.05) is 29.7 Å². The van der Waals surface area contributed by atoms with Crippen molar-refractivity contribution in [1.29, 1.82) is 0 Å². The van der Waals surface area contributed by atoms with E-state index in [1.807, 2.05) is 38.5 Å². The number of hydrogen-bond donors (Lipinski definition) is 1. The molecular weight excluding hydrogens is 244 g/mol. The molecule has 0 fully saturated rings. The van der Waals surface area contributed by atoms with Crippen molar-refractivity contribution >= 4 is 17.2 Å². The van der Waals surface area contributed by atoms with E-state index in [-0.39, 0.29) is 6.04 Å². The predicted octanol–water partition coefficient (Wildman–Crippen LogP) is 2.50. The first-order valence-electron chi connectivity index (χ1n) is 5.90. The molecule has 0 spiro atoms. The fourth-order valence-electron chi connectivity index (χ4n) is 1.85. The second-order valence-electron chi connectivity index (χ2n) is 4.42. The van der Waals surface area contributed by atoms with Gasteiger partial charge in [-0.15, -0.1) is 11.3 Å². The third-order valence-electron chi connectivity index (χ3n) is 2.89. The molecule has 0 radical (unpaired) electrons. The minimum atomic E-state index is -0.0151. The highest BCUT2D eigenvalue weighted by molar-refractivity contribution is 7.09. The number of hydrogen-bond acceptors (Lipinski definition) is 5. The molecule has 0 saturated carbocycles. The van der Waals surface area contributed by atoms with Crippen LogP contribution in [0, 0.1) is 6.92 Å². The molecule has 0 aliphatic heterocycles. The number of nitrogens with two attached hydrogens (primary N) is 1. The van der Waals surface area contributed by atoms with Crippen LogP contribution in [-0.4, -0.2) is 17.0 Å². The van der Waals surface area contributed by atoms with Crippen LogP contribution in [0.4, 0.5) is 5.82 Å². The molecule has 2 N–H and O–H groups in total. The fraction of sp³-hybridized carbons (Fsp3) is 0.385. The normalized spacial score (nSPS) is 12.4. The molecule has 2 rings (SSSR count). The van der Waals surface area contributed by atoms with Gasteiger partial charge in [0.15, 0.2) is 0 Å². The quantitative estimate of drug-likeness (QED) is 0.920. The maximum Gasteiger partial charge on any atom is 0.133 e. The van der Waals surface area contributed by atoms with E-state index in [1.54, 1.807) is 17.5 Å². The van der Waals surface area contributed by atoms with Crippen LogP contribution in [0.5, 0.6) is 0 Å². The molecule has 0 aliphatic carbocycles. The van der Waals surface area contributed by atoms with Crippen molar-refractivity contribution in [1.82, 2.24) is 9.97 Å². The fourth-order valence-corrected chi connectivity index (χ4v) is 2.68. The Balaban J connectivity index is 2.24. The predicted molar refractivity (Wildman–Crippen MR) is 75.8 cm³/mol. The average Bonchev–Trinajstić information content (AvgIpc) is 2.75. The Morgan fingerprint density at radius 2 is 2.22 bits per heavy atom. The van der Waals surface area contributed by atoms with Crippen molar-refractivity contribution in [3.63, 3.8) is 0 Å². The lowest BCUT2D eigenvalue weighted by molar-refractivity contribution is 0.789. The minimum absolute atomic E-state index is 0.0151. The number of aromatic nitrogens is 2. The summed E-state index contributed by atoms with van der Waals surface area (Å²) in [5.41, 5.74) is 10.0. The van der Waals surface area contributed by atoms with E-state index in [2.05, 4.69) is 14.9 Å². The van der Waals surface area contributed by atoms with Crippen LogP contribution < -0.4 is 10.6 Å². The van der Waals surface area contributed by atoms with Gasteiger partial charge >= 0.3 is 0 Å². The van der Waals surface area contributed by atoms with Gasteiger partial charge in [0.2, 0.25) is 0 Å². The first kappa shape index (κ1) is 13.0. The summed E-state index contributed by atoms with van der Waals surface area (Å²) in [6.07, 6.45) is 1.80. The van der Waals surface area contributed by atoms with Gasteiger partial charge in [0.1, 0.15) is 5.82 Å². The highest BCUT2D eigenvalue weighted by Crippen LogP contribution is 2.24. The molecule has 0 saturated heterocycles. The largest absolute Gasteiger partial charge is 0.354 e. The van der Waals surface area contributed by atoms with Crippen molar-refractivity contribution in [3.05, 3.63) is 40.0 Å². The molecule has 2 heterocycles. The van der Waals surface area contributed by atoms with E-state index in [0.29, 0.717) is 0 Å². The molecule has 5 heteroatoms. The van der Waals surface area contributed by atoms with E-state index in [9.17, 15) is 0 Å². The van der Waals surface area contributed by atoms with Crippen LogP contribution in [0.2, 0.25) is 0 Å². The Hall–Kier alpha value is -1.46. The molecule has 1 atom stereocenters. The number of pyridine rings is 1. The monoisotopic (exact) mass is 262 g/mol. The van der Waals surface area contributed by atoms with E-state index in [4.69, 9.17) is 5.73 Å². The van der Waals surface area contributed by atoms with Crippen LogP contribution in [0.25, 0.3) is 0 Å². The molecule has 0 unspecified atom stereocenters. The topological polar surface area (TPSA) is 55.0 Å². The van der Waals surface area contributed by atoms with Crippen LogP contribution in [-0.2, 0) is 6.54 Å². The van der Waals surface area contributed by atoms with E-state index in [1.165, 1.54) is 4.88 Å². The Bertz CT molecular complexity index is 521. The van der Waals surface area contributed by atoms with Crippen molar-refractivity contribution in [2.24, 2.45) is 5.73 Å². The molecule has 0 amide bonds. The first-order valence-corrected chi connectivity index (χ1v) is 6.78. The zero-order valence-electron chi connectivity index (χ0n) is 10.9. The summed E-state index contributed by atoms with van der Waals surface area (Å²) in [6, 6.07) is 3.94. The number of anilines is 1. The maximum atomic E-state index is 5.98. The van der Waals surface area contributed by atoms with Gasteiger partial charge in [0.25, 0.3) is 0 Å². The molecular formula is C13H18N4S. The highest BCUT2D eigenvalue weighted by Gasteiger charge is 2.13.